The molecule has 0 aromatic rings. The summed E-state index contributed by atoms with van der Waals surface area (Å²) in [5, 5.41) is 8.50. The number of carbonyl (C=O) groups excluding carboxylic acids is 1. The first kappa shape index (κ1) is 32.0. The Hall–Kier alpha value is 1.30. The molecule has 0 spiro atoms. The zero-order chi connectivity index (χ0) is 16.6. The van der Waals surface area contributed by atoms with Gasteiger partial charge in [0, 0.05) is 29.8 Å². The zero-order valence-corrected chi connectivity index (χ0v) is 19.4. The molecule has 0 saturated carbocycles. The normalized spacial score (nSPS) is 9.74. The van der Waals surface area contributed by atoms with Crippen LogP contribution < -0.4 is 59.1 Å². The molecule has 0 aliphatic heterocycles. The number of rotatable bonds is 11. The van der Waals surface area contributed by atoms with Gasteiger partial charge in [0.05, 0.1) is 6.61 Å². The van der Waals surface area contributed by atoms with Gasteiger partial charge in [0.1, 0.15) is 0 Å². The van der Waals surface area contributed by atoms with Crippen LogP contribution in [0.15, 0.2) is 0 Å². The monoisotopic (exact) mass is 372 g/mol. The summed E-state index contributed by atoms with van der Waals surface area (Å²) >= 11 is 0. The van der Waals surface area contributed by atoms with Gasteiger partial charge in [-0.25, -0.2) is 0 Å². The van der Waals surface area contributed by atoms with Crippen LogP contribution in [-0.4, -0.2) is 41.8 Å². The van der Waals surface area contributed by atoms with Crippen LogP contribution in [0.1, 0.15) is 64.7 Å². The molecule has 0 bridgehead atoms. The number of hydrogen-bond acceptors (Lipinski definition) is 7. The fourth-order valence-electron chi connectivity index (χ4n) is 1.55. The molecule has 128 valence electrons. The van der Waals surface area contributed by atoms with Crippen molar-refractivity contribution >= 4 is 16.4 Å². The number of aliphatic hydroxyl groups excluding tert-OH is 1. The van der Waals surface area contributed by atoms with Gasteiger partial charge in [0.25, 0.3) is 0 Å². The maximum atomic E-state index is 11.1. The number of ether oxygens (including phenoxy) is 1. The molecule has 0 rings (SSSR count). The zero-order valence-electron chi connectivity index (χ0n) is 14.6. The van der Waals surface area contributed by atoms with E-state index in [-0.39, 0.29) is 71.7 Å². The minimum atomic E-state index is -5.17. The van der Waals surface area contributed by atoms with E-state index in [0.717, 1.165) is 12.8 Å². The van der Waals surface area contributed by atoms with Gasteiger partial charge in [0.2, 0.25) is 0 Å². The molecular weight excluding hydrogens is 346 g/mol. The second-order valence-corrected chi connectivity index (χ2v) is 5.39. The predicted molar refractivity (Wildman–Crippen MR) is 75.7 cm³/mol. The van der Waals surface area contributed by atoms with Gasteiger partial charge in [-0.1, -0.05) is 45.4 Å². The van der Waals surface area contributed by atoms with Crippen LogP contribution in [0.3, 0.4) is 0 Å². The van der Waals surface area contributed by atoms with Gasteiger partial charge in [-0.2, -0.15) is 0 Å². The SMILES string of the molecule is CCCCCCCCCC(=O)OCCCO.O=S(=O)([O-])[O-].[Na+].[Na+]. The Bertz CT molecular complexity index is 329. The maximum Gasteiger partial charge on any atom is 1.00 e. The van der Waals surface area contributed by atoms with E-state index >= 15 is 0 Å². The van der Waals surface area contributed by atoms with Crippen molar-refractivity contribution in [3.05, 3.63) is 0 Å². The van der Waals surface area contributed by atoms with E-state index in [4.69, 9.17) is 27.4 Å². The third-order valence-electron chi connectivity index (χ3n) is 2.55. The molecule has 0 aromatic carbocycles. The molecule has 23 heavy (non-hydrogen) atoms. The first-order chi connectivity index (χ1) is 9.81. The van der Waals surface area contributed by atoms with E-state index in [1.54, 1.807) is 0 Å². The summed E-state index contributed by atoms with van der Waals surface area (Å²) in [5.74, 6) is -0.123. The topological polar surface area (TPSA) is 127 Å². The molecule has 0 heterocycles. The summed E-state index contributed by atoms with van der Waals surface area (Å²) in [5.41, 5.74) is 0. The molecule has 0 saturated heterocycles. The molecule has 0 aliphatic rings. The van der Waals surface area contributed by atoms with Crippen LogP contribution in [0, 0.1) is 0 Å². The largest absolute Gasteiger partial charge is 1.00 e. The van der Waals surface area contributed by atoms with Crippen LogP contribution in [-0.2, 0) is 19.9 Å². The van der Waals surface area contributed by atoms with Crippen molar-refractivity contribution in [3.63, 3.8) is 0 Å². The van der Waals surface area contributed by atoms with Gasteiger partial charge in [-0.3, -0.25) is 13.2 Å². The average Bonchev–Trinajstić information content (AvgIpc) is 2.36. The van der Waals surface area contributed by atoms with Crippen molar-refractivity contribution in [1.82, 2.24) is 0 Å². The van der Waals surface area contributed by atoms with Gasteiger partial charge in [-0.05, 0) is 6.42 Å². The molecule has 0 unspecified atom stereocenters. The van der Waals surface area contributed by atoms with E-state index in [1.165, 1.54) is 32.1 Å². The number of aliphatic hydroxyl groups is 1. The summed E-state index contributed by atoms with van der Waals surface area (Å²) in [7, 11) is -5.17. The Morgan fingerprint density at radius 2 is 1.39 bits per heavy atom. The Labute approximate surface area is 184 Å². The van der Waals surface area contributed by atoms with E-state index in [9.17, 15) is 4.79 Å². The fraction of sp³-hybridized carbons (Fsp3) is 0.923. The maximum absolute atomic E-state index is 11.1. The van der Waals surface area contributed by atoms with Crippen LogP contribution in [0.25, 0.3) is 0 Å². The third kappa shape index (κ3) is 45.2. The molecule has 1 N–H and O–H groups in total. The van der Waals surface area contributed by atoms with Gasteiger partial charge in [0.15, 0.2) is 0 Å². The molecule has 0 amide bonds. The molecule has 0 fully saturated rings. The summed E-state index contributed by atoms with van der Waals surface area (Å²) in [6, 6.07) is 0. The quantitative estimate of drug-likeness (QED) is 0.128. The van der Waals surface area contributed by atoms with Crippen molar-refractivity contribution < 1.29 is 91.3 Å². The molecule has 0 atom stereocenters. The van der Waals surface area contributed by atoms with E-state index in [2.05, 4.69) is 6.92 Å². The number of unbranched alkanes of at least 4 members (excludes halogenated alkanes) is 6. The first-order valence-corrected chi connectivity index (χ1v) is 8.57. The van der Waals surface area contributed by atoms with Crippen LogP contribution in [0.5, 0.6) is 0 Å². The second-order valence-electron chi connectivity index (χ2n) is 4.58. The Morgan fingerprint density at radius 1 is 0.957 bits per heavy atom. The summed E-state index contributed by atoms with van der Waals surface area (Å²) in [4.78, 5) is 11.1. The molecule has 7 nitrogen and oxygen atoms in total. The average molecular weight is 372 g/mol. The van der Waals surface area contributed by atoms with Gasteiger partial charge < -0.3 is 18.9 Å². The number of carbonyl (C=O) groups is 1. The van der Waals surface area contributed by atoms with Gasteiger partial charge >= 0.3 is 65.1 Å². The van der Waals surface area contributed by atoms with Gasteiger partial charge in [-0.15, -0.1) is 0 Å². The van der Waals surface area contributed by atoms with Crippen molar-refractivity contribution in [1.29, 1.82) is 0 Å². The Kier molecular flexibility index (Phi) is 32.4. The first-order valence-electron chi connectivity index (χ1n) is 7.24. The smallest absolute Gasteiger partial charge is 0.759 e. The minimum absolute atomic E-state index is 0. The minimum Gasteiger partial charge on any atom is -0.759 e. The molecule has 0 radical (unpaired) electrons. The van der Waals surface area contributed by atoms with Crippen molar-refractivity contribution in [2.45, 2.75) is 64.7 Å². The summed E-state index contributed by atoms with van der Waals surface area (Å²) in [6.45, 7) is 2.65. The van der Waals surface area contributed by atoms with E-state index in [1.807, 2.05) is 0 Å². The summed E-state index contributed by atoms with van der Waals surface area (Å²) in [6.07, 6.45) is 9.56. The van der Waals surface area contributed by atoms with Crippen LogP contribution in [0.4, 0.5) is 0 Å². The Balaban J connectivity index is -0.000000225. The number of hydrogen-bond donors (Lipinski definition) is 1. The molecular formula is C13H26Na2O7S. The molecule has 10 heteroatoms. The van der Waals surface area contributed by atoms with E-state index < -0.39 is 10.4 Å². The summed E-state index contributed by atoms with van der Waals surface area (Å²) < 4.78 is 39.0. The second kappa shape index (κ2) is 23.3. The Morgan fingerprint density at radius 3 is 1.83 bits per heavy atom. The van der Waals surface area contributed by atoms with Crippen molar-refractivity contribution in [2.75, 3.05) is 13.2 Å². The molecule has 0 aromatic heterocycles. The predicted octanol–water partition coefficient (Wildman–Crippen LogP) is -4.28. The molecule has 0 aliphatic carbocycles. The third-order valence-corrected chi connectivity index (χ3v) is 2.55. The van der Waals surface area contributed by atoms with E-state index in [0.29, 0.717) is 19.4 Å². The van der Waals surface area contributed by atoms with Crippen LogP contribution >= 0.6 is 0 Å². The van der Waals surface area contributed by atoms with Crippen molar-refractivity contribution in [2.24, 2.45) is 0 Å². The fourth-order valence-corrected chi connectivity index (χ4v) is 1.55. The van der Waals surface area contributed by atoms with Crippen LogP contribution in [0.2, 0.25) is 0 Å². The van der Waals surface area contributed by atoms with Crippen molar-refractivity contribution in [3.8, 4) is 0 Å². The number of esters is 1. The standard InChI is InChI=1S/C13H26O3.2Na.H2O4S/c1-2-3-4-5-6-7-8-10-13(15)16-12-9-11-14;;;1-5(2,3)4/h14H,2-12H2,1H3;;;(H2,1,2,3,4)/q;2*+1;/p-2.